The van der Waals surface area contributed by atoms with Gasteiger partial charge >= 0.3 is 0 Å². The molecule has 4 N–H and O–H groups in total. The maximum Gasteiger partial charge on any atom is 0.206 e. The van der Waals surface area contributed by atoms with E-state index in [1.807, 2.05) is 6.92 Å². The molecule has 0 aliphatic carbocycles. The number of aromatic hydroxyl groups is 4. The van der Waals surface area contributed by atoms with Crippen molar-refractivity contribution < 1.29 is 20.4 Å². The van der Waals surface area contributed by atoms with Crippen molar-refractivity contribution in [3.63, 3.8) is 0 Å². The van der Waals surface area contributed by atoms with Crippen molar-refractivity contribution in [3.05, 3.63) is 17.8 Å². The highest BCUT2D eigenvalue weighted by molar-refractivity contribution is 5.95. The van der Waals surface area contributed by atoms with Crippen LogP contribution in [-0.2, 0) is 6.42 Å². The smallest absolute Gasteiger partial charge is 0.206 e. The molecule has 5 nitrogen and oxygen atoms in total. The molecule has 0 unspecified atom stereocenters. The van der Waals surface area contributed by atoms with Crippen molar-refractivity contribution in [1.82, 2.24) is 4.98 Å². The van der Waals surface area contributed by atoms with Gasteiger partial charge < -0.3 is 20.4 Å². The first kappa shape index (κ1) is 11.3. The summed E-state index contributed by atoms with van der Waals surface area (Å²) in [4.78, 5) is 4.15. The first-order valence-corrected chi connectivity index (χ1v) is 5.31. The SMILES string of the molecule is CCCc1ccc2c(O)c(O)c(O)c(O)c2n1. The zero-order chi connectivity index (χ0) is 12.6. The summed E-state index contributed by atoms with van der Waals surface area (Å²) in [5, 5.41) is 38.3. The molecule has 0 saturated heterocycles. The third-order valence-corrected chi connectivity index (χ3v) is 2.61. The molecule has 0 atom stereocenters. The molecule has 17 heavy (non-hydrogen) atoms. The van der Waals surface area contributed by atoms with Crippen molar-refractivity contribution in [2.24, 2.45) is 0 Å². The largest absolute Gasteiger partial charge is 0.504 e. The van der Waals surface area contributed by atoms with E-state index in [1.54, 1.807) is 12.1 Å². The van der Waals surface area contributed by atoms with Gasteiger partial charge in [-0.15, -0.1) is 0 Å². The number of benzene rings is 1. The average molecular weight is 235 g/mol. The molecule has 5 heteroatoms. The Morgan fingerprint density at radius 2 is 1.59 bits per heavy atom. The molecule has 0 aliphatic rings. The fourth-order valence-corrected chi connectivity index (χ4v) is 1.73. The molecule has 0 radical (unpaired) electrons. The van der Waals surface area contributed by atoms with Crippen molar-refractivity contribution in [1.29, 1.82) is 0 Å². The molecule has 0 fully saturated rings. The monoisotopic (exact) mass is 235 g/mol. The predicted octanol–water partition coefficient (Wildman–Crippen LogP) is 2.01. The number of aryl methyl sites for hydroxylation is 1. The van der Waals surface area contributed by atoms with E-state index in [2.05, 4.69) is 4.98 Å². The Morgan fingerprint density at radius 3 is 2.24 bits per heavy atom. The van der Waals surface area contributed by atoms with Crippen molar-refractivity contribution in [2.45, 2.75) is 19.8 Å². The third kappa shape index (κ3) is 1.69. The minimum Gasteiger partial charge on any atom is -0.504 e. The third-order valence-electron chi connectivity index (χ3n) is 2.61. The average Bonchev–Trinajstić information content (AvgIpc) is 2.34. The van der Waals surface area contributed by atoms with Gasteiger partial charge in [-0.2, -0.15) is 0 Å². The number of hydrogen-bond acceptors (Lipinski definition) is 5. The van der Waals surface area contributed by atoms with E-state index in [1.165, 1.54) is 0 Å². The van der Waals surface area contributed by atoms with E-state index >= 15 is 0 Å². The molecule has 90 valence electrons. The fraction of sp³-hybridized carbons (Fsp3) is 0.250. The predicted molar refractivity (Wildman–Crippen MR) is 62.4 cm³/mol. The second kappa shape index (κ2) is 4.01. The van der Waals surface area contributed by atoms with Crippen LogP contribution >= 0.6 is 0 Å². The Labute approximate surface area is 97.6 Å². The summed E-state index contributed by atoms with van der Waals surface area (Å²) in [7, 11) is 0. The number of nitrogens with zero attached hydrogens (tertiary/aromatic N) is 1. The molecule has 2 rings (SSSR count). The summed E-state index contributed by atoms with van der Waals surface area (Å²) >= 11 is 0. The number of phenols is 4. The van der Waals surface area contributed by atoms with Gasteiger partial charge in [0.25, 0.3) is 0 Å². The Balaban J connectivity index is 2.77. The standard InChI is InChI=1S/C12H13NO4/c1-2-3-6-4-5-7-8(13-6)10(15)12(17)11(16)9(7)14/h4-5,14-17H,2-3H2,1H3. The Hall–Kier alpha value is -2.17. The number of phenolic OH excluding ortho intramolecular Hbond substituents is 4. The highest BCUT2D eigenvalue weighted by Gasteiger charge is 2.18. The van der Waals surface area contributed by atoms with Crippen LogP contribution in [0.3, 0.4) is 0 Å². The molecule has 1 aromatic carbocycles. The van der Waals surface area contributed by atoms with Gasteiger partial charge in [0.1, 0.15) is 5.52 Å². The molecule has 0 spiro atoms. The first-order valence-electron chi connectivity index (χ1n) is 5.31. The number of rotatable bonds is 2. The molecule has 2 aromatic rings. The fourth-order valence-electron chi connectivity index (χ4n) is 1.73. The highest BCUT2D eigenvalue weighted by atomic mass is 16.3. The zero-order valence-corrected chi connectivity index (χ0v) is 9.30. The van der Waals surface area contributed by atoms with Gasteiger partial charge in [-0.3, -0.25) is 0 Å². The van der Waals surface area contributed by atoms with Crippen LogP contribution in [0.2, 0.25) is 0 Å². The normalized spacial score (nSPS) is 10.9. The molecular formula is C12H13NO4. The summed E-state index contributed by atoms with van der Waals surface area (Å²) < 4.78 is 0. The van der Waals surface area contributed by atoms with Crippen LogP contribution in [0.5, 0.6) is 23.0 Å². The van der Waals surface area contributed by atoms with E-state index in [0.717, 1.165) is 18.5 Å². The molecule has 1 aromatic heterocycles. The number of hydrogen-bond donors (Lipinski definition) is 4. The lowest BCUT2D eigenvalue weighted by atomic mass is 10.1. The van der Waals surface area contributed by atoms with Gasteiger partial charge in [0.2, 0.25) is 11.5 Å². The van der Waals surface area contributed by atoms with Crippen LogP contribution in [0.25, 0.3) is 10.9 Å². The number of pyridine rings is 1. The van der Waals surface area contributed by atoms with E-state index in [-0.39, 0.29) is 10.9 Å². The molecule has 1 heterocycles. The van der Waals surface area contributed by atoms with Gasteiger partial charge in [-0.25, -0.2) is 4.98 Å². The van der Waals surface area contributed by atoms with Crippen molar-refractivity contribution in [2.75, 3.05) is 0 Å². The summed E-state index contributed by atoms with van der Waals surface area (Å²) in [6.45, 7) is 2.00. The second-order valence-electron chi connectivity index (χ2n) is 3.84. The van der Waals surface area contributed by atoms with Gasteiger partial charge in [-0.05, 0) is 18.6 Å². The van der Waals surface area contributed by atoms with Gasteiger partial charge in [-0.1, -0.05) is 13.3 Å². The van der Waals surface area contributed by atoms with Crippen molar-refractivity contribution in [3.8, 4) is 23.0 Å². The Kier molecular flexibility index (Phi) is 2.67. The van der Waals surface area contributed by atoms with Crippen LogP contribution < -0.4 is 0 Å². The van der Waals surface area contributed by atoms with Crippen LogP contribution in [0.15, 0.2) is 12.1 Å². The zero-order valence-electron chi connectivity index (χ0n) is 9.30. The summed E-state index contributed by atoms with van der Waals surface area (Å²) in [6.07, 6.45) is 1.63. The van der Waals surface area contributed by atoms with E-state index in [0.29, 0.717) is 0 Å². The quantitative estimate of drug-likeness (QED) is 0.472. The first-order chi connectivity index (χ1) is 8.06. The van der Waals surface area contributed by atoms with Gasteiger partial charge in [0.15, 0.2) is 11.5 Å². The number of fused-ring (bicyclic) bond motifs is 1. The maximum atomic E-state index is 9.67. The van der Waals surface area contributed by atoms with Gasteiger partial charge in [0, 0.05) is 5.69 Å². The molecule has 0 saturated carbocycles. The lowest BCUT2D eigenvalue weighted by Gasteiger charge is -2.09. The van der Waals surface area contributed by atoms with Crippen LogP contribution in [0.4, 0.5) is 0 Å². The summed E-state index contributed by atoms with van der Waals surface area (Å²) in [5.74, 6) is -2.49. The summed E-state index contributed by atoms with van der Waals surface area (Å²) in [5.41, 5.74) is 0.837. The molecule has 0 aliphatic heterocycles. The van der Waals surface area contributed by atoms with Crippen LogP contribution in [-0.4, -0.2) is 25.4 Å². The van der Waals surface area contributed by atoms with Gasteiger partial charge in [0.05, 0.1) is 5.39 Å². The summed E-state index contributed by atoms with van der Waals surface area (Å²) in [6, 6.07) is 3.27. The Morgan fingerprint density at radius 1 is 0.941 bits per heavy atom. The molecule has 0 bridgehead atoms. The molecular weight excluding hydrogens is 222 g/mol. The number of aromatic nitrogens is 1. The minimum atomic E-state index is -0.754. The van der Waals surface area contributed by atoms with E-state index in [9.17, 15) is 20.4 Å². The molecule has 0 amide bonds. The topological polar surface area (TPSA) is 93.8 Å². The van der Waals surface area contributed by atoms with Crippen LogP contribution in [0.1, 0.15) is 19.0 Å². The second-order valence-corrected chi connectivity index (χ2v) is 3.84. The highest BCUT2D eigenvalue weighted by Crippen LogP contribution is 2.47. The Bertz CT molecular complexity index is 580. The lowest BCUT2D eigenvalue weighted by molar-refractivity contribution is 0.350. The lowest BCUT2D eigenvalue weighted by Crippen LogP contribution is -1.90. The minimum absolute atomic E-state index is 0.0868. The van der Waals surface area contributed by atoms with E-state index < -0.39 is 23.0 Å². The van der Waals surface area contributed by atoms with Crippen molar-refractivity contribution >= 4 is 10.9 Å². The van der Waals surface area contributed by atoms with Crippen LogP contribution in [0, 0.1) is 0 Å². The van der Waals surface area contributed by atoms with E-state index in [4.69, 9.17) is 0 Å². The maximum absolute atomic E-state index is 9.67.